The van der Waals surface area contributed by atoms with E-state index in [2.05, 4.69) is 24.1 Å². The van der Waals surface area contributed by atoms with Gasteiger partial charge >= 0.3 is 5.97 Å². The van der Waals surface area contributed by atoms with Gasteiger partial charge in [-0.05, 0) is 26.2 Å². The van der Waals surface area contributed by atoms with Gasteiger partial charge in [-0.1, -0.05) is 26.7 Å². The van der Waals surface area contributed by atoms with E-state index < -0.39 is 0 Å². The van der Waals surface area contributed by atoms with Gasteiger partial charge < -0.3 is 10.1 Å². The predicted molar refractivity (Wildman–Crippen MR) is 80.0 cm³/mol. The lowest BCUT2D eigenvalue weighted by atomic mass is 10.1. The quantitative estimate of drug-likeness (QED) is 0.581. The molecule has 1 rings (SSSR count). The van der Waals surface area contributed by atoms with Crippen LogP contribution in [0.25, 0.3) is 0 Å². The van der Waals surface area contributed by atoms with Crippen LogP contribution in [0.1, 0.15) is 55.4 Å². The minimum atomic E-state index is -0.330. The molecule has 0 fully saturated rings. The average molecular weight is 284 g/mol. The summed E-state index contributed by atoms with van der Waals surface area (Å²) in [5.74, 6) is 0.432. The number of aromatic nitrogens is 1. The molecule has 19 heavy (non-hydrogen) atoms. The second-order valence-electron chi connectivity index (χ2n) is 4.96. The molecule has 0 amide bonds. The molecule has 0 spiro atoms. The van der Waals surface area contributed by atoms with Gasteiger partial charge in [0.1, 0.15) is 0 Å². The van der Waals surface area contributed by atoms with Gasteiger partial charge in [0.25, 0.3) is 0 Å². The Bertz CT molecular complexity index is 402. The maximum Gasteiger partial charge on any atom is 0.358 e. The summed E-state index contributed by atoms with van der Waals surface area (Å²) in [4.78, 5) is 16.8. The maximum atomic E-state index is 11.6. The van der Waals surface area contributed by atoms with Crippen molar-refractivity contribution in [2.24, 2.45) is 5.92 Å². The first-order valence-electron chi connectivity index (χ1n) is 6.93. The number of ether oxygens (including phenoxy) is 1. The molecule has 0 unspecified atom stereocenters. The van der Waals surface area contributed by atoms with E-state index in [0.29, 0.717) is 12.3 Å². The van der Waals surface area contributed by atoms with Gasteiger partial charge in [0.15, 0.2) is 10.8 Å². The standard InChI is InChI=1S/C14H24N2O2S/c1-5-18-13(17)12-11(4)19-14(16-12)15-9-7-6-8-10(2)3/h10H,5-9H2,1-4H3,(H,15,16). The van der Waals surface area contributed by atoms with E-state index in [1.54, 1.807) is 6.92 Å². The van der Waals surface area contributed by atoms with Gasteiger partial charge in [0.2, 0.25) is 0 Å². The van der Waals surface area contributed by atoms with Crippen molar-refractivity contribution in [3.8, 4) is 0 Å². The first-order valence-corrected chi connectivity index (χ1v) is 7.74. The molecule has 1 heterocycles. The molecular weight excluding hydrogens is 260 g/mol. The lowest BCUT2D eigenvalue weighted by molar-refractivity contribution is 0.0519. The molecular formula is C14H24N2O2S. The van der Waals surface area contributed by atoms with Crippen LogP contribution < -0.4 is 5.32 Å². The van der Waals surface area contributed by atoms with E-state index in [-0.39, 0.29) is 5.97 Å². The summed E-state index contributed by atoms with van der Waals surface area (Å²) in [6.45, 7) is 9.46. The summed E-state index contributed by atoms with van der Waals surface area (Å²) in [7, 11) is 0. The Balaban J connectivity index is 2.39. The van der Waals surface area contributed by atoms with Crippen LogP contribution in [0, 0.1) is 12.8 Å². The van der Waals surface area contributed by atoms with E-state index >= 15 is 0 Å². The number of hydrogen-bond donors (Lipinski definition) is 1. The smallest absolute Gasteiger partial charge is 0.358 e. The van der Waals surface area contributed by atoms with Crippen LogP contribution >= 0.6 is 11.3 Å². The third-order valence-corrected chi connectivity index (χ3v) is 3.68. The Hall–Kier alpha value is -1.10. The Morgan fingerprint density at radius 1 is 1.42 bits per heavy atom. The highest BCUT2D eigenvalue weighted by atomic mass is 32.1. The Kier molecular flexibility index (Phi) is 6.84. The normalized spacial score (nSPS) is 10.8. The molecule has 4 nitrogen and oxygen atoms in total. The number of carbonyl (C=O) groups is 1. The Morgan fingerprint density at radius 2 is 2.16 bits per heavy atom. The molecule has 0 atom stereocenters. The summed E-state index contributed by atoms with van der Waals surface area (Å²) < 4.78 is 4.97. The zero-order chi connectivity index (χ0) is 14.3. The van der Waals surface area contributed by atoms with Crippen molar-refractivity contribution in [2.45, 2.75) is 47.0 Å². The van der Waals surface area contributed by atoms with Crippen LogP contribution in [-0.4, -0.2) is 24.1 Å². The molecule has 0 radical (unpaired) electrons. The van der Waals surface area contributed by atoms with Gasteiger partial charge in [0, 0.05) is 11.4 Å². The van der Waals surface area contributed by atoms with Crippen LogP contribution in [-0.2, 0) is 4.74 Å². The molecule has 108 valence electrons. The Morgan fingerprint density at radius 3 is 2.79 bits per heavy atom. The predicted octanol–water partition coefficient (Wildman–Crippen LogP) is 3.87. The van der Waals surface area contributed by atoms with E-state index in [0.717, 1.165) is 28.9 Å². The van der Waals surface area contributed by atoms with E-state index in [1.165, 1.54) is 24.2 Å². The zero-order valence-electron chi connectivity index (χ0n) is 12.3. The molecule has 1 N–H and O–H groups in total. The fraction of sp³-hybridized carbons (Fsp3) is 0.714. The summed E-state index contributed by atoms with van der Waals surface area (Å²) in [5.41, 5.74) is 0.441. The topological polar surface area (TPSA) is 51.2 Å². The molecule has 1 aromatic heterocycles. The number of carbonyl (C=O) groups excluding carboxylic acids is 1. The fourth-order valence-electron chi connectivity index (χ4n) is 1.73. The van der Waals surface area contributed by atoms with Crippen molar-refractivity contribution >= 4 is 22.4 Å². The van der Waals surface area contributed by atoms with E-state index in [1.807, 2.05) is 6.92 Å². The van der Waals surface area contributed by atoms with Crippen molar-refractivity contribution in [3.05, 3.63) is 10.6 Å². The molecule has 0 aromatic carbocycles. The van der Waals surface area contributed by atoms with Crippen LogP contribution in [0.4, 0.5) is 5.13 Å². The number of esters is 1. The number of nitrogens with one attached hydrogen (secondary N) is 1. The number of rotatable bonds is 8. The highest BCUT2D eigenvalue weighted by molar-refractivity contribution is 7.15. The molecule has 5 heteroatoms. The van der Waals surface area contributed by atoms with Gasteiger partial charge in [0.05, 0.1) is 6.61 Å². The number of unbranched alkanes of at least 4 members (excludes halogenated alkanes) is 1. The third-order valence-electron chi connectivity index (χ3n) is 2.75. The average Bonchev–Trinajstić information content (AvgIpc) is 2.70. The minimum Gasteiger partial charge on any atom is -0.461 e. The van der Waals surface area contributed by atoms with Gasteiger partial charge in [-0.3, -0.25) is 0 Å². The van der Waals surface area contributed by atoms with Gasteiger partial charge in [-0.2, -0.15) is 0 Å². The summed E-state index contributed by atoms with van der Waals surface area (Å²) in [6.07, 6.45) is 3.61. The lowest BCUT2D eigenvalue weighted by Crippen LogP contribution is -2.07. The summed E-state index contributed by atoms with van der Waals surface area (Å²) in [5, 5.41) is 4.09. The van der Waals surface area contributed by atoms with E-state index in [9.17, 15) is 4.79 Å². The SMILES string of the molecule is CCOC(=O)c1nc(NCCCCC(C)C)sc1C. The van der Waals surface area contributed by atoms with Gasteiger partial charge in [-0.25, -0.2) is 9.78 Å². The van der Waals surface area contributed by atoms with Crippen molar-refractivity contribution in [1.82, 2.24) is 4.98 Å². The van der Waals surface area contributed by atoms with Crippen LogP contribution in [0.15, 0.2) is 0 Å². The second kappa shape index (κ2) is 8.15. The largest absolute Gasteiger partial charge is 0.461 e. The molecule has 0 aliphatic carbocycles. The molecule has 0 aliphatic rings. The summed E-state index contributed by atoms with van der Waals surface area (Å²) >= 11 is 1.51. The molecule has 0 bridgehead atoms. The van der Waals surface area contributed by atoms with Crippen molar-refractivity contribution in [2.75, 3.05) is 18.5 Å². The third kappa shape index (κ3) is 5.59. The van der Waals surface area contributed by atoms with Crippen molar-refractivity contribution in [3.63, 3.8) is 0 Å². The number of aryl methyl sites for hydroxylation is 1. The lowest BCUT2D eigenvalue weighted by Gasteiger charge is -2.04. The van der Waals surface area contributed by atoms with Crippen LogP contribution in [0.5, 0.6) is 0 Å². The first kappa shape index (κ1) is 16.0. The number of hydrogen-bond acceptors (Lipinski definition) is 5. The monoisotopic (exact) mass is 284 g/mol. The highest BCUT2D eigenvalue weighted by Gasteiger charge is 2.15. The zero-order valence-corrected chi connectivity index (χ0v) is 13.1. The summed E-state index contributed by atoms with van der Waals surface area (Å²) in [6, 6.07) is 0. The molecule has 0 aliphatic heterocycles. The number of thiazole rings is 1. The minimum absolute atomic E-state index is 0.330. The van der Waals surface area contributed by atoms with Crippen molar-refractivity contribution in [1.29, 1.82) is 0 Å². The second-order valence-corrected chi connectivity index (χ2v) is 6.16. The fourth-order valence-corrected chi connectivity index (χ4v) is 2.56. The van der Waals surface area contributed by atoms with Gasteiger partial charge in [-0.15, -0.1) is 11.3 Å². The molecule has 0 saturated heterocycles. The maximum absolute atomic E-state index is 11.6. The van der Waals surface area contributed by atoms with Crippen LogP contribution in [0.2, 0.25) is 0 Å². The first-order chi connectivity index (χ1) is 9.04. The van der Waals surface area contributed by atoms with Crippen LogP contribution in [0.3, 0.4) is 0 Å². The highest BCUT2D eigenvalue weighted by Crippen LogP contribution is 2.22. The van der Waals surface area contributed by atoms with E-state index in [4.69, 9.17) is 4.74 Å². The number of nitrogens with zero attached hydrogens (tertiary/aromatic N) is 1. The molecule has 0 saturated carbocycles. The molecule has 1 aromatic rings. The van der Waals surface area contributed by atoms with Crippen molar-refractivity contribution < 1.29 is 9.53 Å². The number of anilines is 1. The Labute approximate surface area is 119 Å².